The van der Waals surface area contributed by atoms with Crippen molar-refractivity contribution in [2.24, 2.45) is 5.41 Å². The average Bonchev–Trinajstić information content (AvgIpc) is 2.53. The first-order valence-electron chi connectivity index (χ1n) is 8.46. The molecule has 0 amide bonds. The van der Waals surface area contributed by atoms with Gasteiger partial charge in [-0.15, -0.1) is 0 Å². The Morgan fingerprint density at radius 2 is 1.96 bits per heavy atom. The molecule has 1 N–H and O–H groups in total. The highest BCUT2D eigenvalue weighted by Gasteiger charge is 2.47. The number of allylic oxidation sites excluding steroid dienone is 5. The van der Waals surface area contributed by atoms with Gasteiger partial charge in [0.15, 0.2) is 5.78 Å². The monoisotopic (exact) mass is 359 g/mol. The third-order valence-corrected chi connectivity index (χ3v) is 4.31. The van der Waals surface area contributed by atoms with Crippen LogP contribution < -0.4 is 0 Å². The van der Waals surface area contributed by atoms with Crippen molar-refractivity contribution in [3.8, 4) is 0 Å². The van der Waals surface area contributed by atoms with E-state index in [2.05, 4.69) is 4.74 Å². The Balaban J connectivity index is 3.25. The molecule has 0 saturated carbocycles. The molecule has 0 aliphatic heterocycles. The number of aliphatic hydroxyl groups is 1. The quantitative estimate of drug-likeness (QED) is 0.449. The predicted octanol–water partition coefficient (Wildman–Crippen LogP) is 2.95. The van der Waals surface area contributed by atoms with Crippen molar-refractivity contribution in [3.05, 3.63) is 59.9 Å². The second-order valence-corrected chi connectivity index (χ2v) is 7.30. The van der Waals surface area contributed by atoms with Crippen LogP contribution in [0, 0.1) is 5.41 Å². The second kappa shape index (κ2) is 8.81. The Morgan fingerprint density at radius 1 is 1.31 bits per heavy atom. The van der Waals surface area contributed by atoms with E-state index in [1.54, 1.807) is 31.2 Å². The normalized spacial score (nSPS) is 23.7. The van der Waals surface area contributed by atoms with Crippen LogP contribution in [0.2, 0.25) is 0 Å². The van der Waals surface area contributed by atoms with Crippen LogP contribution in [0.15, 0.2) is 59.9 Å². The lowest BCUT2D eigenvalue weighted by molar-refractivity contribution is -0.134. The molecule has 142 valence electrons. The van der Waals surface area contributed by atoms with Crippen LogP contribution in [0.5, 0.6) is 0 Å². The third-order valence-electron chi connectivity index (χ3n) is 4.31. The molecule has 5 nitrogen and oxygen atoms in total. The highest BCUT2D eigenvalue weighted by molar-refractivity contribution is 5.93. The molecule has 26 heavy (non-hydrogen) atoms. The summed E-state index contributed by atoms with van der Waals surface area (Å²) >= 11 is 0. The van der Waals surface area contributed by atoms with Gasteiger partial charge in [-0.1, -0.05) is 32.1 Å². The predicted molar refractivity (Wildman–Crippen MR) is 103 cm³/mol. The van der Waals surface area contributed by atoms with Gasteiger partial charge in [0, 0.05) is 32.0 Å². The number of carbonyl (C=O) groups excluding carboxylic acids is 2. The number of rotatable bonds is 6. The summed E-state index contributed by atoms with van der Waals surface area (Å²) in [6, 6.07) is 0. The Bertz CT molecular complexity index is 693. The Labute approximate surface area is 156 Å². The Kier molecular flexibility index (Phi) is 7.33. The number of hydrogen-bond donors (Lipinski definition) is 1. The lowest BCUT2D eigenvalue weighted by Gasteiger charge is -2.44. The maximum atomic E-state index is 12.1. The molecule has 1 aliphatic rings. The van der Waals surface area contributed by atoms with Crippen molar-refractivity contribution in [3.63, 3.8) is 0 Å². The van der Waals surface area contributed by atoms with Crippen molar-refractivity contribution in [1.82, 2.24) is 4.90 Å². The van der Waals surface area contributed by atoms with E-state index in [0.29, 0.717) is 11.1 Å². The van der Waals surface area contributed by atoms with Crippen molar-refractivity contribution in [2.45, 2.75) is 32.8 Å². The molecule has 0 bridgehead atoms. The molecule has 1 atom stereocenters. The zero-order valence-corrected chi connectivity index (χ0v) is 16.4. The first kappa shape index (κ1) is 21.6. The first-order valence-corrected chi connectivity index (χ1v) is 8.46. The van der Waals surface area contributed by atoms with Crippen molar-refractivity contribution in [1.29, 1.82) is 0 Å². The minimum atomic E-state index is -1.34. The summed E-state index contributed by atoms with van der Waals surface area (Å²) in [5.74, 6) is -0.479. The van der Waals surface area contributed by atoms with Crippen molar-refractivity contribution < 1.29 is 19.4 Å². The molecule has 1 rings (SSSR count). The molecule has 0 radical (unpaired) electrons. The highest BCUT2D eigenvalue weighted by atomic mass is 16.5. The molecular weight excluding hydrogens is 330 g/mol. The summed E-state index contributed by atoms with van der Waals surface area (Å²) in [7, 11) is 5.13. The number of hydrogen-bond acceptors (Lipinski definition) is 5. The number of ketones is 1. The van der Waals surface area contributed by atoms with Gasteiger partial charge in [0.2, 0.25) is 0 Å². The van der Waals surface area contributed by atoms with Gasteiger partial charge in [-0.3, -0.25) is 4.79 Å². The summed E-state index contributed by atoms with van der Waals surface area (Å²) in [5, 5.41) is 11.4. The SMILES string of the molecule is COC(=O)/C=C(C)\C=C\[C@@]1(O)C(/C=C\C=C\N(C)C)=CC(=O)CC1(C)C. The third kappa shape index (κ3) is 5.56. The van der Waals surface area contributed by atoms with Crippen LogP contribution in [-0.4, -0.2) is 48.6 Å². The standard InChI is InChI=1S/C21H29NO4/c1-16(13-19(24)26-6)10-11-21(25)17(9-7-8-12-22(4)5)14-18(23)15-20(21,2)3/h7-14,25H,15H2,1-6H3/b9-7-,11-10+,12-8+,16-13-/t21-/m1/s1. The minimum Gasteiger partial charge on any atom is -0.466 e. The first-order chi connectivity index (χ1) is 12.0. The highest BCUT2D eigenvalue weighted by Crippen LogP contribution is 2.45. The van der Waals surface area contributed by atoms with E-state index in [9.17, 15) is 14.7 Å². The van der Waals surface area contributed by atoms with Crippen LogP contribution in [0.25, 0.3) is 0 Å². The van der Waals surface area contributed by atoms with E-state index in [-0.39, 0.29) is 12.2 Å². The number of ether oxygens (including phenoxy) is 1. The van der Waals surface area contributed by atoms with Gasteiger partial charge in [-0.25, -0.2) is 4.79 Å². The van der Waals surface area contributed by atoms with Gasteiger partial charge < -0.3 is 14.7 Å². The van der Waals surface area contributed by atoms with Crippen LogP contribution in [-0.2, 0) is 14.3 Å². The number of esters is 1. The summed E-state index contributed by atoms with van der Waals surface area (Å²) in [6.07, 6.45) is 13.6. The molecule has 0 aromatic carbocycles. The largest absolute Gasteiger partial charge is 0.466 e. The van der Waals surface area contributed by atoms with Gasteiger partial charge in [0.1, 0.15) is 5.60 Å². The fraction of sp³-hybridized carbons (Fsp3) is 0.429. The molecule has 1 aliphatic carbocycles. The topological polar surface area (TPSA) is 66.8 Å². The van der Waals surface area contributed by atoms with E-state index in [1.807, 2.05) is 45.1 Å². The molecule has 0 heterocycles. The Hall–Kier alpha value is -2.40. The fourth-order valence-corrected chi connectivity index (χ4v) is 2.72. The molecular formula is C21H29NO4. The molecule has 0 aromatic heterocycles. The van der Waals surface area contributed by atoms with Gasteiger partial charge in [-0.2, -0.15) is 0 Å². The maximum absolute atomic E-state index is 12.1. The minimum absolute atomic E-state index is 0.0221. The average molecular weight is 359 g/mol. The van der Waals surface area contributed by atoms with E-state index in [1.165, 1.54) is 19.3 Å². The lowest BCUT2D eigenvalue weighted by atomic mass is 9.64. The number of nitrogens with zero attached hydrogens (tertiary/aromatic N) is 1. The van der Waals surface area contributed by atoms with Crippen LogP contribution in [0.1, 0.15) is 27.2 Å². The van der Waals surface area contributed by atoms with E-state index in [4.69, 9.17) is 0 Å². The molecule has 0 spiro atoms. The van der Waals surface area contributed by atoms with Crippen LogP contribution in [0.3, 0.4) is 0 Å². The maximum Gasteiger partial charge on any atom is 0.330 e. The summed E-state index contributed by atoms with van der Waals surface area (Å²) in [4.78, 5) is 25.3. The fourth-order valence-electron chi connectivity index (χ4n) is 2.72. The van der Waals surface area contributed by atoms with Crippen molar-refractivity contribution >= 4 is 11.8 Å². The summed E-state index contributed by atoms with van der Waals surface area (Å²) in [6.45, 7) is 5.45. The zero-order valence-electron chi connectivity index (χ0n) is 16.4. The van der Waals surface area contributed by atoms with Crippen LogP contribution in [0.4, 0.5) is 0 Å². The Morgan fingerprint density at radius 3 is 2.54 bits per heavy atom. The van der Waals surface area contributed by atoms with Gasteiger partial charge in [0.25, 0.3) is 0 Å². The summed E-state index contributed by atoms with van der Waals surface area (Å²) in [5.41, 5.74) is -0.862. The van der Waals surface area contributed by atoms with Crippen LogP contribution >= 0.6 is 0 Å². The number of carbonyl (C=O) groups is 2. The molecule has 0 unspecified atom stereocenters. The zero-order chi connectivity index (χ0) is 20.0. The van der Waals surface area contributed by atoms with E-state index < -0.39 is 17.0 Å². The van der Waals surface area contributed by atoms with E-state index in [0.717, 1.165) is 0 Å². The summed E-state index contributed by atoms with van der Waals surface area (Å²) < 4.78 is 4.61. The van der Waals surface area contributed by atoms with E-state index >= 15 is 0 Å². The smallest absolute Gasteiger partial charge is 0.330 e. The van der Waals surface area contributed by atoms with Crippen molar-refractivity contribution in [2.75, 3.05) is 21.2 Å². The number of methoxy groups -OCH3 is 1. The molecule has 0 aromatic rings. The van der Waals surface area contributed by atoms with Gasteiger partial charge in [-0.05, 0) is 42.5 Å². The van der Waals surface area contributed by atoms with Gasteiger partial charge in [0.05, 0.1) is 7.11 Å². The van der Waals surface area contributed by atoms with Gasteiger partial charge >= 0.3 is 5.97 Å². The molecule has 0 fully saturated rings. The molecule has 5 heteroatoms. The second-order valence-electron chi connectivity index (χ2n) is 7.30. The molecule has 0 saturated heterocycles. The lowest BCUT2D eigenvalue weighted by Crippen LogP contribution is -2.48.